The van der Waals surface area contributed by atoms with Crippen molar-refractivity contribution in [2.75, 3.05) is 11.9 Å². The Bertz CT molecular complexity index is 1060. The second-order valence-electron chi connectivity index (χ2n) is 6.96. The molecule has 0 saturated heterocycles. The molecule has 4 N–H and O–H groups in total. The average Bonchev–Trinajstić information content (AvgIpc) is 2.77. The van der Waals surface area contributed by atoms with Crippen LogP contribution in [0.1, 0.15) is 24.0 Å². The molecule has 0 fully saturated rings. The Morgan fingerprint density at radius 1 is 0.970 bits per heavy atom. The maximum atomic E-state index is 12.1. The number of nitrogens with one attached hydrogen (secondary N) is 4. The number of nitro benzene ring substituents is 1. The first-order valence-corrected chi connectivity index (χ1v) is 10.2. The highest BCUT2D eigenvalue weighted by molar-refractivity contribution is 7.80. The number of thiocarbonyl (C=S) groups is 1. The maximum Gasteiger partial charge on any atom is 0.269 e. The zero-order chi connectivity index (χ0) is 24.4. The highest BCUT2D eigenvalue weighted by Crippen LogP contribution is 2.17. The lowest BCUT2D eigenvalue weighted by atomic mass is 10.1. The molecule has 0 saturated carbocycles. The fourth-order valence-corrected chi connectivity index (χ4v) is 2.67. The van der Waals surface area contributed by atoms with Gasteiger partial charge < -0.3 is 10.1 Å². The lowest BCUT2D eigenvalue weighted by molar-refractivity contribution is -0.384. The molecule has 174 valence electrons. The van der Waals surface area contributed by atoms with Crippen molar-refractivity contribution in [3.8, 4) is 5.75 Å². The molecule has 11 nitrogen and oxygen atoms in total. The SMILES string of the molecule is Cc1ccc(C)c(NC(=O)CCC(=O)NNC(=S)NC(=O)COc2ccc([N+](=O)[O-])cc2)c1. The minimum absolute atomic E-state index is 0.0386. The number of hydrogen-bond acceptors (Lipinski definition) is 7. The van der Waals surface area contributed by atoms with Crippen LogP contribution in [0.4, 0.5) is 11.4 Å². The van der Waals surface area contributed by atoms with Gasteiger partial charge in [-0.15, -0.1) is 0 Å². The quantitative estimate of drug-likeness (QED) is 0.258. The van der Waals surface area contributed by atoms with Crippen molar-refractivity contribution in [3.63, 3.8) is 0 Å². The fourth-order valence-electron chi connectivity index (χ4n) is 2.51. The molecular weight excluding hydrogens is 450 g/mol. The van der Waals surface area contributed by atoms with Crippen molar-refractivity contribution in [2.24, 2.45) is 0 Å². The molecule has 0 bridgehead atoms. The standard InChI is InChI=1S/C21H23N5O6S/c1-13-3-4-14(2)17(11-13)22-18(27)9-10-19(28)24-25-21(33)23-20(29)12-32-16-7-5-15(6-8-16)26(30)31/h3-8,11H,9-10,12H2,1-2H3,(H,22,27)(H,24,28)(H2,23,25,29,33). The van der Waals surface area contributed by atoms with Crippen LogP contribution in [0.3, 0.4) is 0 Å². The summed E-state index contributed by atoms with van der Waals surface area (Å²) in [6.07, 6.45) is -0.132. The van der Waals surface area contributed by atoms with Gasteiger partial charge in [0.15, 0.2) is 11.7 Å². The van der Waals surface area contributed by atoms with Crippen LogP contribution in [0.15, 0.2) is 42.5 Å². The van der Waals surface area contributed by atoms with E-state index in [2.05, 4.69) is 21.5 Å². The third kappa shape index (κ3) is 8.91. The van der Waals surface area contributed by atoms with Crippen molar-refractivity contribution >= 4 is 46.4 Å². The molecule has 0 unspecified atom stereocenters. The number of rotatable bonds is 8. The summed E-state index contributed by atoms with van der Waals surface area (Å²) in [6, 6.07) is 10.9. The predicted molar refractivity (Wildman–Crippen MR) is 124 cm³/mol. The zero-order valence-electron chi connectivity index (χ0n) is 18.0. The zero-order valence-corrected chi connectivity index (χ0v) is 18.8. The number of amides is 3. The Labute approximate surface area is 195 Å². The van der Waals surface area contributed by atoms with E-state index in [1.807, 2.05) is 32.0 Å². The van der Waals surface area contributed by atoms with Gasteiger partial charge in [-0.05, 0) is 55.4 Å². The van der Waals surface area contributed by atoms with Gasteiger partial charge >= 0.3 is 0 Å². The summed E-state index contributed by atoms with van der Waals surface area (Å²) < 4.78 is 5.20. The summed E-state index contributed by atoms with van der Waals surface area (Å²) in [5.41, 5.74) is 7.16. The Morgan fingerprint density at radius 3 is 2.30 bits per heavy atom. The fraction of sp³-hybridized carbons (Fsp3) is 0.238. The molecule has 2 rings (SSSR count). The van der Waals surface area contributed by atoms with Crippen molar-refractivity contribution in [2.45, 2.75) is 26.7 Å². The first kappa shape index (κ1) is 25.2. The largest absolute Gasteiger partial charge is 0.484 e. The molecule has 0 radical (unpaired) electrons. The second kappa shape index (κ2) is 12.1. The molecular formula is C21H23N5O6S. The molecule has 0 spiro atoms. The van der Waals surface area contributed by atoms with Crippen molar-refractivity contribution in [1.29, 1.82) is 0 Å². The van der Waals surface area contributed by atoms with Gasteiger partial charge in [-0.3, -0.25) is 40.7 Å². The van der Waals surface area contributed by atoms with E-state index in [9.17, 15) is 24.5 Å². The van der Waals surface area contributed by atoms with Crippen LogP contribution < -0.4 is 26.2 Å². The minimum Gasteiger partial charge on any atom is -0.484 e. The van der Waals surface area contributed by atoms with Gasteiger partial charge in [0.1, 0.15) is 5.75 Å². The first-order valence-electron chi connectivity index (χ1n) is 9.77. The molecule has 0 aliphatic heterocycles. The molecule has 0 aliphatic carbocycles. The van der Waals surface area contributed by atoms with Gasteiger partial charge in [0, 0.05) is 30.7 Å². The Hall–Kier alpha value is -4.06. The molecule has 0 atom stereocenters. The molecule has 2 aromatic carbocycles. The number of aryl methyl sites for hydroxylation is 2. The summed E-state index contributed by atoms with van der Waals surface area (Å²) >= 11 is 4.91. The lowest BCUT2D eigenvalue weighted by Gasteiger charge is -2.12. The highest BCUT2D eigenvalue weighted by Gasteiger charge is 2.11. The number of hydrogen-bond donors (Lipinski definition) is 4. The van der Waals surface area contributed by atoms with Gasteiger partial charge in [0.05, 0.1) is 4.92 Å². The highest BCUT2D eigenvalue weighted by atomic mass is 32.1. The number of ether oxygens (including phenoxy) is 1. The lowest BCUT2D eigenvalue weighted by Crippen LogP contribution is -2.49. The molecule has 12 heteroatoms. The van der Waals surface area contributed by atoms with E-state index in [1.165, 1.54) is 24.3 Å². The van der Waals surface area contributed by atoms with Gasteiger partial charge in [-0.1, -0.05) is 12.1 Å². The molecule has 0 aliphatic rings. The number of benzene rings is 2. The van der Waals surface area contributed by atoms with Crippen LogP contribution in [0.25, 0.3) is 0 Å². The maximum absolute atomic E-state index is 12.1. The Kier molecular flexibility index (Phi) is 9.24. The number of carbonyl (C=O) groups excluding carboxylic acids is 3. The van der Waals surface area contributed by atoms with E-state index in [1.54, 1.807) is 0 Å². The molecule has 33 heavy (non-hydrogen) atoms. The monoisotopic (exact) mass is 473 g/mol. The summed E-state index contributed by atoms with van der Waals surface area (Å²) in [4.78, 5) is 45.9. The van der Waals surface area contributed by atoms with Gasteiger partial charge in [0.25, 0.3) is 11.6 Å². The third-order valence-electron chi connectivity index (χ3n) is 4.23. The number of nitro groups is 1. The number of nitrogens with zero attached hydrogens (tertiary/aromatic N) is 1. The Morgan fingerprint density at radius 2 is 1.64 bits per heavy atom. The predicted octanol–water partition coefficient (Wildman–Crippen LogP) is 2.03. The van der Waals surface area contributed by atoms with Gasteiger partial charge in [-0.25, -0.2) is 0 Å². The number of non-ortho nitro benzene ring substituents is 1. The van der Waals surface area contributed by atoms with Crippen LogP contribution in [-0.4, -0.2) is 34.4 Å². The van der Waals surface area contributed by atoms with E-state index in [0.29, 0.717) is 5.69 Å². The molecule has 0 heterocycles. The molecule has 0 aromatic heterocycles. The summed E-state index contributed by atoms with van der Waals surface area (Å²) in [5, 5.41) is 15.5. The van der Waals surface area contributed by atoms with E-state index in [0.717, 1.165) is 11.1 Å². The van der Waals surface area contributed by atoms with E-state index < -0.39 is 23.3 Å². The van der Waals surface area contributed by atoms with Crippen molar-refractivity contribution in [1.82, 2.24) is 16.2 Å². The molecule has 3 amide bonds. The van der Waals surface area contributed by atoms with Crippen LogP contribution >= 0.6 is 12.2 Å². The summed E-state index contributed by atoms with van der Waals surface area (Å²) in [5.74, 6) is -1.14. The van der Waals surface area contributed by atoms with Crippen LogP contribution in [-0.2, 0) is 14.4 Å². The minimum atomic E-state index is -0.604. The van der Waals surface area contributed by atoms with Crippen LogP contribution in [0, 0.1) is 24.0 Å². The first-order chi connectivity index (χ1) is 15.6. The second-order valence-corrected chi connectivity index (χ2v) is 7.36. The number of carbonyl (C=O) groups is 3. The number of anilines is 1. The van der Waals surface area contributed by atoms with Gasteiger partial charge in [-0.2, -0.15) is 0 Å². The topological polar surface area (TPSA) is 152 Å². The van der Waals surface area contributed by atoms with Crippen molar-refractivity contribution in [3.05, 3.63) is 63.7 Å². The molecule has 2 aromatic rings. The smallest absolute Gasteiger partial charge is 0.269 e. The summed E-state index contributed by atoms with van der Waals surface area (Å²) in [7, 11) is 0. The third-order valence-corrected chi connectivity index (χ3v) is 4.44. The van der Waals surface area contributed by atoms with E-state index in [4.69, 9.17) is 17.0 Å². The number of hydrazine groups is 1. The van der Waals surface area contributed by atoms with Crippen LogP contribution in [0.5, 0.6) is 5.75 Å². The normalized spacial score (nSPS) is 10.0. The van der Waals surface area contributed by atoms with Crippen LogP contribution in [0.2, 0.25) is 0 Å². The van der Waals surface area contributed by atoms with Crippen molar-refractivity contribution < 1.29 is 24.0 Å². The Balaban J connectivity index is 1.65. The average molecular weight is 474 g/mol. The van der Waals surface area contributed by atoms with E-state index in [-0.39, 0.29) is 35.3 Å². The van der Waals surface area contributed by atoms with E-state index >= 15 is 0 Å². The van der Waals surface area contributed by atoms with Gasteiger partial charge in [0.2, 0.25) is 11.8 Å². The summed E-state index contributed by atoms with van der Waals surface area (Å²) in [6.45, 7) is 3.39.